The molecule has 96 valence electrons. The summed E-state index contributed by atoms with van der Waals surface area (Å²) in [6.45, 7) is 7.73. The minimum Gasteiger partial charge on any atom is -0.480 e. The number of nitrogens with one attached hydrogen (secondary N) is 1. The molecule has 0 unspecified atom stereocenters. The lowest BCUT2D eigenvalue weighted by molar-refractivity contribution is -0.138. The van der Waals surface area contributed by atoms with Gasteiger partial charge in [0.25, 0.3) is 0 Å². The quantitative estimate of drug-likeness (QED) is 0.696. The Hall–Kier alpha value is -0.810. The van der Waals surface area contributed by atoms with Gasteiger partial charge in [0, 0.05) is 6.54 Å². The van der Waals surface area contributed by atoms with Crippen LogP contribution in [0.4, 0.5) is 0 Å². The third-order valence-electron chi connectivity index (χ3n) is 1.87. The average Bonchev–Trinajstić information content (AvgIpc) is 2.13. The molecule has 0 bridgehead atoms. The molecule has 16 heavy (non-hydrogen) atoms. The first-order valence-corrected chi connectivity index (χ1v) is 5.16. The van der Waals surface area contributed by atoms with E-state index in [4.69, 9.17) is 5.11 Å². The van der Waals surface area contributed by atoms with Crippen LogP contribution < -0.4 is 5.32 Å². The molecule has 0 atom stereocenters. The molecular formula is C10H21ClN2O3. The van der Waals surface area contributed by atoms with E-state index in [2.05, 4.69) is 19.2 Å². The van der Waals surface area contributed by atoms with Crippen LogP contribution in [0.2, 0.25) is 0 Å². The van der Waals surface area contributed by atoms with E-state index < -0.39 is 5.97 Å². The van der Waals surface area contributed by atoms with Crippen LogP contribution in [0.5, 0.6) is 0 Å². The van der Waals surface area contributed by atoms with E-state index in [1.807, 2.05) is 11.8 Å². The van der Waals surface area contributed by atoms with Gasteiger partial charge in [-0.3, -0.25) is 14.5 Å². The zero-order chi connectivity index (χ0) is 11.8. The van der Waals surface area contributed by atoms with Crippen molar-refractivity contribution in [2.75, 3.05) is 26.2 Å². The van der Waals surface area contributed by atoms with Crippen molar-refractivity contribution >= 4 is 24.3 Å². The lowest BCUT2D eigenvalue weighted by Gasteiger charge is -2.21. The van der Waals surface area contributed by atoms with Gasteiger partial charge in [0.1, 0.15) is 6.54 Å². The van der Waals surface area contributed by atoms with Gasteiger partial charge in [0.05, 0.1) is 6.54 Å². The van der Waals surface area contributed by atoms with Gasteiger partial charge in [0.15, 0.2) is 0 Å². The summed E-state index contributed by atoms with van der Waals surface area (Å²) in [6.07, 6.45) is 0. The Bertz CT molecular complexity index is 222. The first-order valence-electron chi connectivity index (χ1n) is 5.16. The Morgan fingerprint density at radius 2 is 1.94 bits per heavy atom. The number of amides is 1. The first-order chi connectivity index (χ1) is 6.95. The second kappa shape index (κ2) is 9.42. The third-order valence-corrected chi connectivity index (χ3v) is 1.87. The number of carbonyl (C=O) groups is 2. The van der Waals surface area contributed by atoms with Crippen LogP contribution in [-0.2, 0) is 9.59 Å². The fourth-order valence-corrected chi connectivity index (χ4v) is 1.26. The van der Waals surface area contributed by atoms with Gasteiger partial charge in [0.2, 0.25) is 5.91 Å². The first kappa shape index (κ1) is 17.6. The van der Waals surface area contributed by atoms with E-state index in [-0.39, 0.29) is 31.4 Å². The topological polar surface area (TPSA) is 69.6 Å². The lowest BCUT2D eigenvalue weighted by Crippen LogP contribution is -2.40. The molecule has 0 aliphatic heterocycles. The molecule has 0 rings (SSSR count). The van der Waals surface area contributed by atoms with Crippen molar-refractivity contribution in [2.24, 2.45) is 5.92 Å². The van der Waals surface area contributed by atoms with Gasteiger partial charge in [-0.25, -0.2) is 0 Å². The van der Waals surface area contributed by atoms with E-state index in [0.29, 0.717) is 5.92 Å². The fourth-order valence-electron chi connectivity index (χ4n) is 1.26. The smallest absolute Gasteiger partial charge is 0.322 e. The van der Waals surface area contributed by atoms with Crippen LogP contribution in [0.1, 0.15) is 20.8 Å². The summed E-state index contributed by atoms with van der Waals surface area (Å²) in [5.74, 6) is -0.757. The zero-order valence-corrected chi connectivity index (χ0v) is 10.8. The summed E-state index contributed by atoms with van der Waals surface area (Å²) in [7, 11) is 0. The molecule has 0 radical (unpaired) electrons. The highest BCUT2D eigenvalue weighted by molar-refractivity contribution is 5.85. The van der Waals surface area contributed by atoms with E-state index in [1.165, 1.54) is 0 Å². The maximum absolute atomic E-state index is 11.3. The molecule has 0 saturated carbocycles. The van der Waals surface area contributed by atoms with Gasteiger partial charge in [-0.1, -0.05) is 20.8 Å². The minimum absolute atomic E-state index is 0. The molecule has 0 spiro atoms. The number of rotatable bonds is 7. The number of carboxylic acid groups (broad SMARTS) is 1. The molecule has 0 fully saturated rings. The van der Waals surface area contributed by atoms with Crippen molar-refractivity contribution in [1.82, 2.24) is 10.2 Å². The number of hydrogen-bond donors (Lipinski definition) is 2. The molecule has 0 aromatic heterocycles. The molecule has 0 aliphatic rings. The second-order valence-electron chi connectivity index (χ2n) is 3.89. The molecule has 6 heteroatoms. The predicted molar refractivity (Wildman–Crippen MR) is 64.8 cm³/mol. The standard InChI is InChI=1S/C10H20N2O3.ClH/c1-4-12(6-8(2)3)7-9(13)11-5-10(14)15;/h8H,4-7H2,1-3H3,(H,11,13)(H,14,15);1H. The maximum atomic E-state index is 11.3. The second-order valence-corrected chi connectivity index (χ2v) is 3.89. The van der Waals surface area contributed by atoms with Crippen LogP contribution in [0.3, 0.4) is 0 Å². The van der Waals surface area contributed by atoms with Crippen LogP contribution in [-0.4, -0.2) is 48.1 Å². The van der Waals surface area contributed by atoms with Crippen LogP contribution in [0, 0.1) is 5.92 Å². The van der Waals surface area contributed by atoms with Crippen molar-refractivity contribution in [3.63, 3.8) is 0 Å². The third kappa shape index (κ3) is 9.73. The van der Waals surface area contributed by atoms with Crippen molar-refractivity contribution < 1.29 is 14.7 Å². The summed E-state index contributed by atoms with van der Waals surface area (Å²) in [5, 5.41) is 10.7. The molecule has 0 heterocycles. The number of hydrogen-bond acceptors (Lipinski definition) is 3. The van der Waals surface area contributed by atoms with Crippen LogP contribution in [0.15, 0.2) is 0 Å². The van der Waals surface area contributed by atoms with Crippen LogP contribution >= 0.6 is 12.4 Å². The molecule has 0 saturated heterocycles. The molecule has 1 amide bonds. The molecule has 0 aromatic carbocycles. The number of likely N-dealkylation sites (N-methyl/N-ethyl adjacent to an activating group) is 1. The number of aliphatic carboxylic acids is 1. The summed E-state index contributed by atoms with van der Waals surface area (Å²) in [5.41, 5.74) is 0. The molecule has 2 N–H and O–H groups in total. The zero-order valence-electron chi connectivity index (χ0n) is 10.0. The molecule has 0 aromatic rings. The maximum Gasteiger partial charge on any atom is 0.322 e. The van der Waals surface area contributed by atoms with E-state index in [9.17, 15) is 9.59 Å². The highest BCUT2D eigenvalue weighted by atomic mass is 35.5. The Kier molecular flexibility index (Phi) is 10.3. The predicted octanol–water partition coefficient (Wildman–Crippen LogP) is 0.587. The van der Waals surface area contributed by atoms with Gasteiger partial charge < -0.3 is 10.4 Å². The SMILES string of the molecule is CCN(CC(=O)NCC(=O)O)CC(C)C.Cl. The Morgan fingerprint density at radius 1 is 1.38 bits per heavy atom. The van der Waals surface area contributed by atoms with E-state index in [1.54, 1.807) is 0 Å². The summed E-state index contributed by atoms with van der Waals surface area (Å²) in [6, 6.07) is 0. The molecular weight excluding hydrogens is 232 g/mol. The van der Waals surface area contributed by atoms with Crippen molar-refractivity contribution in [2.45, 2.75) is 20.8 Å². The highest BCUT2D eigenvalue weighted by Crippen LogP contribution is 1.97. The van der Waals surface area contributed by atoms with Crippen molar-refractivity contribution in [3.8, 4) is 0 Å². The van der Waals surface area contributed by atoms with Gasteiger partial charge in [-0.2, -0.15) is 0 Å². The number of carboxylic acids is 1. The van der Waals surface area contributed by atoms with E-state index >= 15 is 0 Å². The summed E-state index contributed by atoms with van der Waals surface area (Å²) < 4.78 is 0. The van der Waals surface area contributed by atoms with Gasteiger partial charge >= 0.3 is 5.97 Å². The summed E-state index contributed by atoms with van der Waals surface area (Å²) >= 11 is 0. The van der Waals surface area contributed by atoms with Crippen molar-refractivity contribution in [3.05, 3.63) is 0 Å². The molecule has 0 aliphatic carbocycles. The van der Waals surface area contributed by atoms with Crippen molar-refractivity contribution in [1.29, 1.82) is 0 Å². The minimum atomic E-state index is -1.02. The monoisotopic (exact) mass is 252 g/mol. The van der Waals surface area contributed by atoms with Gasteiger partial charge in [-0.15, -0.1) is 12.4 Å². The lowest BCUT2D eigenvalue weighted by atomic mass is 10.2. The normalized spacial score (nSPS) is 10.1. The Labute approximate surface area is 103 Å². The van der Waals surface area contributed by atoms with E-state index in [0.717, 1.165) is 13.1 Å². The fraction of sp³-hybridized carbons (Fsp3) is 0.800. The Balaban J connectivity index is 0. The Morgan fingerprint density at radius 3 is 2.31 bits per heavy atom. The number of halogens is 1. The summed E-state index contributed by atoms with van der Waals surface area (Å²) in [4.78, 5) is 23.5. The van der Waals surface area contributed by atoms with Gasteiger partial charge in [-0.05, 0) is 12.5 Å². The van der Waals surface area contributed by atoms with Crippen LogP contribution in [0.25, 0.3) is 0 Å². The average molecular weight is 253 g/mol. The highest BCUT2D eigenvalue weighted by Gasteiger charge is 2.10. The number of nitrogens with zero attached hydrogens (tertiary/aromatic N) is 1. The molecule has 5 nitrogen and oxygen atoms in total. The number of carbonyl (C=O) groups excluding carboxylic acids is 1. The largest absolute Gasteiger partial charge is 0.480 e.